The molecule has 0 fully saturated rings. The molecule has 0 unspecified atom stereocenters. The van der Waals surface area contributed by atoms with Crippen molar-refractivity contribution in [2.75, 3.05) is 17.2 Å². The number of anilines is 3. The van der Waals surface area contributed by atoms with Crippen molar-refractivity contribution in [1.29, 1.82) is 0 Å². The zero-order valence-corrected chi connectivity index (χ0v) is 17.8. The van der Waals surface area contributed by atoms with Crippen LogP contribution in [-0.4, -0.2) is 38.4 Å². The van der Waals surface area contributed by atoms with Crippen LogP contribution in [0.5, 0.6) is 0 Å². The summed E-state index contributed by atoms with van der Waals surface area (Å²) in [5, 5.41) is 10.4. The van der Waals surface area contributed by atoms with E-state index in [1.807, 2.05) is 19.9 Å². The monoisotopic (exact) mass is 432 g/mol. The van der Waals surface area contributed by atoms with Gasteiger partial charge in [0.05, 0.1) is 30.8 Å². The largest absolute Gasteiger partial charge is 0.466 e. The van der Waals surface area contributed by atoms with Crippen molar-refractivity contribution in [3.05, 3.63) is 39.6 Å². The second-order valence-electron chi connectivity index (χ2n) is 6.09. The highest BCUT2D eigenvalue weighted by Gasteiger charge is 2.13. The van der Waals surface area contributed by atoms with Crippen molar-refractivity contribution in [1.82, 2.24) is 19.9 Å². The summed E-state index contributed by atoms with van der Waals surface area (Å²) < 4.78 is 4.89. The summed E-state index contributed by atoms with van der Waals surface area (Å²) in [5.41, 5.74) is 2.92. The van der Waals surface area contributed by atoms with E-state index in [-0.39, 0.29) is 24.7 Å². The Morgan fingerprint density at radius 1 is 0.966 bits per heavy atom. The molecule has 2 N–H and O–H groups in total. The number of aromatic nitrogens is 4. The molecule has 3 aromatic heterocycles. The Hall–Kier alpha value is -2.92. The van der Waals surface area contributed by atoms with E-state index in [0.29, 0.717) is 34.2 Å². The SMILES string of the molecule is CCOC(=O)Cc1csc(NC(=O)Cc2csc(Nc3nc(C)cc(C)n3)n2)n1. The van der Waals surface area contributed by atoms with Crippen molar-refractivity contribution >= 4 is 50.8 Å². The van der Waals surface area contributed by atoms with Gasteiger partial charge in [-0.1, -0.05) is 0 Å². The molecule has 3 heterocycles. The summed E-state index contributed by atoms with van der Waals surface area (Å²) in [6.45, 7) is 5.87. The van der Waals surface area contributed by atoms with Gasteiger partial charge in [-0.15, -0.1) is 22.7 Å². The van der Waals surface area contributed by atoms with Crippen LogP contribution in [0.4, 0.5) is 16.2 Å². The van der Waals surface area contributed by atoms with Gasteiger partial charge in [0.25, 0.3) is 0 Å². The van der Waals surface area contributed by atoms with Crippen LogP contribution in [0.1, 0.15) is 29.7 Å². The Kier molecular flexibility index (Phi) is 6.83. The van der Waals surface area contributed by atoms with Crippen LogP contribution >= 0.6 is 22.7 Å². The van der Waals surface area contributed by atoms with E-state index in [1.54, 1.807) is 17.7 Å². The van der Waals surface area contributed by atoms with E-state index in [9.17, 15) is 9.59 Å². The molecule has 0 bridgehead atoms. The van der Waals surface area contributed by atoms with Gasteiger partial charge in [0.1, 0.15) is 0 Å². The molecule has 29 heavy (non-hydrogen) atoms. The van der Waals surface area contributed by atoms with E-state index in [4.69, 9.17) is 4.74 Å². The van der Waals surface area contributed by atoms with Gasteiger partial charge in [-0.3, -0.25) is 9.59 Å². The third kappa shape index (κ3) is 6.29. The first kappa shape index (κ1) is 20.8. The lowest BCUT2D eigenvalue weighted by molar-refractivity contribution is -0.142. The average Bonchev–Trinajstić information content (AvgIpc) is 3.23. The second-order valence-corrected chi connectivity index (χ2v) is 7.81. The van der Waals surface area contributed by atoms with Crippen LogP contribution in [0.3, 0.4) is 0 Å². The molecular formula is C18H20N6O3S2. The maximum absolute atomic E-state index is 12.3. The van der Waals surface area contributed by atoms with Gasteiger partial charge in [-0.05, 0) is 26.8 Å². The Morgan fingerprint density at radius 2 is 1.59 bits per heavy atom. The summed E-state index contributed by atoms with van der Waals surface area (Å²) in [6, 6.07) is 1.89. The second kappa shape index (κ2) is 9.52. The van der Waals surface area contributed by atoms with E-state index in [1.165, 1.54) is 22.7 Å². The summed E-state index contributed by atoms with van der Waals surface area (Å²) >= 11 is 2.63. The van der Waals surface area contributed by atoms with Crippen LogP contribution in [0.2, 0.25) is 0 Å². The number of nitrogens with zero attached hydrogens (tertiary/aromatic N) is 4. The number of rotatable bonds is 8. The highest BCUT2D eigenvalue weighted by Crippen LogP contribution is 2.21. The van der Waals surface area contributed by atoms with E-state index < -0.39 is 0 Å². The number of esters is 1. The Balaban J connectivity index is 1.54. The van der Waals surface area contributed by atoms with Crippen LogP contribution < -0.4 is 10.6 Å². The minimum absolute atomic E-state index is 0.0852. The van der Waals surface area contributed by atoms with E-state index in [2.05, 4.69) is 30.6 Å². The molecule has 0 aliphatic heterocycles. The van der Waals surface area contributed by atoms with Crippen molar-refractivity contribution < 1.29 is 14.3 Å². The van der Waals surface area contributed by atoms with Crippen LogP contribution in [0.15, 0.2) is 16.8 Å². The number of aryl methyl sites for hydroxylation is 2. The maximum Gasteiger partial charge on any atom is 0.311 e. The molecule has 0 aliphatic carbocycles. The fourth-order valence-corrected chi connectivity index (χ4v) is 3.89. The topological polar surface area (TPSA) is 119 Å². The van der Waals surface area contributed by atoms with Crippen molar-refractivity contribution in [2.24, 2.45) is 0 Å². The predicted octanol–water partition coefficient (Wildman–Crippen LogP) is 3.04. The predicted molar refractivity (Wildman–Crippen MR) is 112 cm³/mol. The zero-order chi connectivity index (χ0) is 20.8. The van der Waals surface area contributed by atoms with E-state index in [0.717, 1.165) is 11.4 Å². The lowest BCUT2D eigenvalue weighted by atomic mass is 10.3. The first-order chi connectivity index (χ1) is 13.9. The van der Waals surface area contributed by atoms with Crippen LogP contribution in [0, 0.1) is 13.8 Å². The molecule has 0 aliphatic rings. The number of hydrogen-bond acceptors (Lipinski definition) is 10. The maximum atomic E-state index is 12.3. The third-order valence-electron chi connectivity index (χ3n) is 3.52. The summed E-state index contributed by atoms with van der Waals surface area (Å²) in [4.78, 5) is 41.0. The van der Waals surface area contributed by atoms with Crippen LogP contribution in [-0.2, 0) is 27.2 Å². The number of amides is 1. The smallest absolute Gasteiger partial charge is 0.311 e. The van der Waals surface area contributed by atoms with Gasteiger partial charge >= 0.3 is 5.97 Å². The number of hydrogen-bond donors (Lipinski definition) is 2. The van der Waals surface area contributed by atoms with Crippen molar-refractivity contribution in [3.8, 4) is 0 Å². The van der Waals surface area contributed by atoms with Gasteiger partial charge < -0.3 is 15.4 Å². The molecule has 152 valence electrons. The van der Waals surface area contributed by atoms with Crippen molar-refractivity contribution in [3.63, 3.8) is 0 Å². The first-order valence-electron chi connectivity index (χ1n) is 8.85. The van der Waals surface area contributed by atoms with Gasteiger partial charge in [-0.2, -0.15) is 0 Å². The quantitative estimate of drug-likeness (QED) is 0.521. The molecule has 0 aromatic carbocycles. The molecule has 3 aromatic rings. The Labute approximate surface area is 175 Å². The van der Waals surface area contributed by atoms with Gasteiger partial charge in [0.15, 0.2) is 10.3 Å². The zero-order valence-electron chi connectivity index (χ0n) is 16.2. The molecule has 9 nitrogen and oxygen atoms in total. The normalized spacial score (nSPS) is 10.6. The lowest BCUT2D eigenvalue weighted by Crippen LogP contribution is -2.14. The number of ether oxygens (including phenoxy) is 1. The van der Waals surface area contributed by atoms with E-state index >= 15 is 0 Å². The summed E-state index contributed by atoms with van der Waals surface area (Å²) in [6.07, 6.45) is 0.195. The highest BCUT2D eigenvalue weighted by atomic mass is 32.1. The molecule has 11 heteroatoms. The molecule has 0 radical (unpaired) electrons. The number of nitrogens with one attached hydrogen (secondary N) is 2. The minimum Gasteiger partial charge on any atom is -0.466 e. The lowest BCUT2D eigenvalue weighted by Gasteiger charge is -2.03. The number of carbonyl (C=O) groups excluding carboxylic acids is 2. The number of thiazole rings is 2. The third-order valence-corrected chi connectivity index (χ3v) is 5.14. The fraction of sp³-hybridized carbons (Fsp3) is 0.333. The minimum atomic E-state index is -0.342. The molecule has 0 saturated heterocycles. The highest BCUT2D eigenvalue weighted by molar-refractivity contribution is 7.14. The Bertz CT molecular complexity index is 996. The molecule has 0 atom stereocenters. The first-order valence-corrected chi connectivity index (χ1v) is 10.6. The average molecular weight is 433 g/mol. The molecule has 0 spiro atoms. The Morgan fingerprint density at radius 3 is 2.28 bits per heavy atom. The molecule has 3 rings (SSSR count). The van der Waals surface area contributed by atoms with Gasteiger partial charge in [0, 0.05) is 22.1 Å². The molecule has 1 amide bonds. The number of carbonyl (C=O) groups is 2. The molecule has 0 saturated carbocycles. The van der Waals surface area contributed by atoms with Crippen molar-refractivity contribution in [2.45, 2.75) is 33.6 Å². The standard InChI is InChI=1S/C18H20N6O3S2/c1-4-27-15(26)7-13-9-28-17(22-13)23-14(25)6-12-8-29-18(21-12)24-16-19-10(2)5-11(3)20-16/h5,8-9H,4,6-7H2,1-3H3,(H,22,23,25)(H,19,20,21,24). The van der Waals surface area contributed by atoms with Gasteiger partial charge in [0.2, 0.25) is 11.9 Å². The van der Waals surface area contributed by atoms with Crippen LogP contribution in [0.25, 0.3) is 0 Å². The summed E-state index contributed by atoms with van der Waals surface area (Å²) in [5.74, 6) is -0.0998. The van der Waals surface area contributed by atoms with Gasteiger partial charge in [-0.25, -0.2) is 19.9 Å². The fourth-order valence-electron chi connectivity index (χ4n) is 2.46. The summed E-state index contributed by atoms with van der Waals surface area (Å²) in [7, 11) is 0. The molecular weight excluding hydrogens is 412 g/mol.